The SMILES string of the molecule is Cc1ccc(C(=O)N2c3ccc(F)cc3C(=O)CC2C(F)(F)F)cc1F. The lowest BCUT2D eigenvalue weighted by Gasteiger charge is -2.37. The summed E-state index contributed by atoms with van der Waals surface area (Å²) in [5, 5.41) is 0. The Balaban J connectivity index is 2.16. The Morgan fingerprint density at radius 2 is 1.81 bits per heavy atom. The van der Waals surface area contributed by atoms with Gasteiger partial charge >= 0.3 is 6.18 Å². The van der Waals surface area contributed by atoms with Gasteiger partial charge in [0.2, 0.25) is 0 Å². The second-order valence-electron chi connectivity index (χ2n) is 5.99. The zero-order valence-electron chi connectivity index (χ0n) is 13.4. The van der Waals surface area contributed by atoms with Crippen LogP contribution in [-0.4, -0.2) is 23.9 Å². The summed E-state index contributed by atoms with van der Waals surface area (Å²) in [7, 11) is 0. The molecule has 2 aromatic carbocycles. The first-order chi connectivity index (χ1) is 12.1. The molecule has 1 atom stereocenters. The smallest absolute Gasteiger partial charge is 0.295 e. The van der Waals surface area contributed by atoms with Crippen LogP contribution in [-0.2, 0) is 0 Å². The first-order valence-corrected chi connectivity index (χ1v) is 7.59. The van der Waals surface area contributed by atoms with Crippen molar-refractivity contribution in [1.82, 2.24) is 0 Å². The van der Waals surface area contributed by atoms with Crippen molar-refractivity contribution in [1.29, 1.82) is 0 Å². The maximum atomic E-state index is 13.8. The summed E-state index contributed by atoms with van der Waals surface area (Å²) in [6.45, 7) is 1.44. The minimum absolute atomic E-state index is 0.227. The Morgan fingerprint density at radius 3 is 2.42 bits per heavy atom. The zero-order chi connectivity index (χ0) is 19.2. The minimum atomic E-state index is -4.89. The molecule has 0 fully saturated rings. The van der Waals surface area contributed by atoms with Gasteiger partial charge < -0.3 is 0 Å². The number of hydrogen-bond acceptors (Lipinski definition) is 2. The van der Waals surface area contributed by atoms with E-state index in [4.69, 9.17) is 0 Å². The quantitative estimate of drug-likeness (QED) is 0.697. The Labute approximate surface area is 145 Å². The number of carbonyl (C=O) groups excluding carboxylic acids is 2. The number of carbonyl (C=O) groups is 2. The van der Waals surface area contributed by atoms with Gasteiger partial charge in [-0.3, -0.25) is 14.5 Å². The Kier molecular flexibility index (Phi) is 4.29. The van der Waals surface area contributed by atoms with Gasteiger partial charge in [0, 0.05) is 17.5 Å². The van der Waals surface area contributed by atoms with Gasteiger partial charge in [-0.05, 0) is 42.8 Å². The van der Waals surface area contributed by atoms with Crippen LogP contribution in [0.15, 0.2) is 36.4 Å². The molecule has 1 aliphatic heterocycles. The van der Waals surface area contributed by atoms with Crippen molar-refractivity contribution in [2.75, 3.05) is 4.90 Å². The van der Waals surface area contributed by atoms with Crippen LogP contribution in [0.2, 0.25) is 0 Å². The van der Waals surface area contributed by atoms with E-state index in [-0.39, 0.29) is 22.4 Å². The molecular formula is C18H12F5NO2. The molecular weight excluding hydrogens is 357 g/mol. The normalized spacial score (nSPS) is 17.2. The Hall–Kier alpha value is -2.77. The molecule has 0 aliphatic carbocycles. The molecule has 0 N–H and O–H groups in total. The summed E-state index contributed by atoms with van der Waals surface area (Å²) in [6, 6.07) is 3.50. The summed E-state index contributed by atoms with van der Waals surface area (Å²) in [5.74, 6) is -3.59. The lowest BCUT2D eigenvalue weighted by molar-refractivity contribution is -0.147. The molecule has 1 aliphatic rings. The highest BCUT2D eigenvalue weighted by atomic mass is 19.4. The molecule has 0 aromatic heterocycles. The molecule has 3 rings (SSSR count). The van der Waals surface area contributed by atoms with Crippen LogP contribution in [0.4, 0.5) is 27.6 Å². The molecule has 1 unspecified atom stereocenters. The van der Waals surface area contributed by atoms with Crippen molar-refractivity contribution in [3.63, 3.8) is 0 Å². The van der Waals surface area contributed by atoms with Crippen molar-refractivity contribution in [2.45, 2.75) is 25.6 Å². The average Bonchev–Trinajstić information content (AvgIpc) is 2.56. The monoisotopic (exact) mass is 369 g/mol. The van der Waals surface area contributed by atoms with Gasteiger partial charge in [-0.1, -0.05) is 6.07 Å². The molecule has 136 valence electrons. The fourth-order valence-electron chi connectivity index (χ4n) is 2.86. The number of fused-ring (bicyclic) bond motifs is 1. The number of ketones is 1. The minimum Gasteiger partial charge on any atom is -0.295 e. The molecule has 26 heavy (non-hydrogen) atoms. The lowest BCUT2D eigenvalue weighted by atomic mass is 9.93. The van der Waals surface area contributed by atoms with Crippen LogP contribution in [0.3, 0.4) is 0 Å². The second-order valence-corrected chi connectivity index (χ2v) is 5.99. The summed E-state index contributed by atoms with van der Waals surface area (Å²) >= 11 is 0. The third kappa shape index (κ3) is 3.07. The fraction of sp³-hybridized carbons (Fsp3) is 0.222. The van der Waals surface area contributed by atoms with Crippen LogP contribution in [0.1, 0.15) is 32.7 Å². The number of rotatable bonds is 1. The van der Waals surface area contributed by atoms with Crippen molar-refractivity contribution in [3.05, 3.63) is 64.7 Å². The van der Waals surface area contributed by atoms with E-state index in [1.54, 1.807) is 0 Å². The van der Waals surface area contributed by atoms with E-state index in [0.29, 0.717) is 4.90 Å². The number of hydrogen-bond donors (Lipinski definition) is 0. The van der Waals surface area contributed by atoms with Gasteiger partial charge in [0.15, 0.2) is 5.78 Å². The number of aryl methyl sites for hydroxylation is 1. The van der Waals surface area contributed by atoms with Crippen LogP contribution in [0.25, 0.3) is 0 Å². The number of anilines is 1. The summed E-state index contributed by atoms with van der Waals surface area (Å²) in [5.41, 5.74) is -0.736. The molecule has 2 aromatic rings. The van der Waals surface area contributed by atoms with E-state index < -0.39 is 42.0 Å². The molecule has 1 heterocycles. The van der Waals surface area contributed by atoms with Crippen molar-refractivity contribution < 1.29 is 31.5 Å². The zero-order valence-corrected chi connectivity index (χ0v) is 13.4. The molecule has 0 saturated carbocycles. The fourth-order valence-corrected chi connectivity index (χ4v) is 2.86. The van der Waals surface area contributed by atoms with E-state index in [9.17, 15) is 31.5 Å². The average molecular weight is 369 g/mol. The highest BCUT2D eigenvalue weighted by Gasteiger charge is 2.50. The molecule has 3 nitrogen and oxygen atoms in total. The molecule has 1 amide bonds. The topological polar surface area (TPSA) is 37.4 Å². The van der Waals surface area contributed by atoms with E-state index in [1.165, 1.54) is 19.1 Å². The second kappa shape index (κ2) is 6.19. The van der Waals surface area contributed by atoms with E-state index in [0.717, 1.165) is 24.3 Å². The van der Waals surface area contributed by atoms with Crippen LogP contribution in [0.5, 0.6) is 0 Å². The van der Waals surface area contributed by atoms with E-state index in [2.05, 4.69) is 0 Å². The van der Waals surface area contributed by atoms with Crippen molar-refractivity contribution >= 4 is 17.4 Å². The van der Waals surface area contributed by atoms with Gasteiger partial charge in [0.05, 0.1) is 5.69 Å². The number of Topliss-reactive ketones (excluding diaryl/α,β-unsaturated/α-hetero) is 1. The predicted octanol–water partition coefficient (Wildman–Crippen LogP) is 4.44. The molecule has 0 bridgehead atoms. The number of amides is 1. The highest BCUT2D eigenvalue weighted by molar-refractivity contribution is 6.14. The summed E-state index contributed by atoms with van der Waals surface area (Å²) in [4.78, 5) is 25.2. The maximum absolute atomic E-state index is 13.8. The van der Waals surface area contributed by atoms with Gasteiger partial charge in [-0.25, -0.2) is 8.78 Å². The third-order valence-electron chi connectivity index (χ3n) is 4.22. The third-order valence-corrected chi connectivity index (χ3v) is 4.22. The first-order valence-electron chi connectivity index (χ1n) is 7.59. The van der Waals surface area contributed by atoms with Crippen LogP contribution in [0, 0.1) is 18.6 Å². The molecule has 8 heteroatoms. The van der Waals surface area contributed by atoms with Gasteiger partial charge in [-0.2, -0.15) is 13.2 Å². The van der Waals surface area contributed by atoms with Crippen LogP contribution >= 0.6 is 0 Å². The highest BCUT2D eigenvalue weighted by Crippen LogP contribution is 2.39. The van der Waals surface area contributed by atoms with Gasteiger partial charge in [0.1, 0.15) is 17.7 Å². The van der Waals surface area contributed by atoms with E-state index in [1.807, 2.05) is 0 Å². The molecule has 0 spiro atoms. The van der Waals surface area contributed by atoms with Crippen molar-refractivity contribution in [2.24, 2.45) is 0 Å². The molecule has 0 saturated heterocycles. The van der Waals surface area contributed by atoms with Gasteiger partial charge in [-0.15, -0.1) is 0 Å². The standard InChI is InChI=1S/C18H12F5NO2/c1-9-2-3-10(6-13(9)20)17(26)24-14-5-4-11(19)7-12(14)15(25)8-16(24)18(21,22)23/h2-7,16H,8H2,1H3. The molecule has 0 radical (unpaired) electrons. The van der Waals surface area contributed by atoms with Crippen molar-refractivity contribution in [3.8, 4) is 0 Å². The maximum Gasteiger partial charge on any atom is 0.409 e. The Morgan fingerprint density at radius 1 is 1.12 bits per heavy atom. The van der Waals surface area contributed by atoms with Gasteiger partial charge in [0.25, 0.3) is 5.91 Å². The summed E-state index contributed by atoms with van der Waals surface area (Å²) in [6.07, 6.45) is -5.92. The number of halogens is 5. The van der Waals surface area contributed by atoms with Crippen LogP contribution < -0.4 is 4.90 Å². The lowest BCUT2D eigenvalue weighted by Crippen LogP contribution is -2.53. The largest absolute Gasteiger partial charge is 0.409 e. The number of nitrogens with zero attached hydrogens (tertiary/aromatic N) is 1. The number of benzene rings is 2. The number of alkyl halides is 3. The Bertz CT molecular complexity index is 907. The summed E-state index contributed by atoms with van der Waals surface area (Å²) < 4.78 is 67.6. The van der Waals surface area contributed by atoms with E-state index >= 15 is 0 Å². The first kappa shape index (κ1) is 18.0. The predicted molar refractivity (Wildman–Crippen MR) is 83.1 cm³/mol.